The van der Waals surface area contributed by atoms with Crippen LogP contribution in [0, 0.1) is 11.3 Å². The molecule has 0 spiro atoms. The molecule has 0 saturated heterocycles. The fraction of sp³-hybridized carbons (Fsp3) is 0.444. The van der Waals surface area contributed by atoms with Crippen molar-refractivity contribution in [2.45, 2.75) is 26.7 Å². The molecule has 1 aliphatic rings. The molecule has 3 rings (SSSR count). The summed E-state index contributed by atoms with van der Waals surface area (Å²) in [5.41, 5.74) is 0.695. The first-order chi connectivity index (χ1) is 10.4. The monoisotopic (exact) mass is 298 g/mol. The van der Waals surface area contributed by atoms with Crippen molar-refractivity contribution in [2.24, 2.45) is 18.4 Å². The number of carbonyl (C=O) groups excluding carboxylic acids is 1. The van der Waals surface area contributed by atoms with Crippen LogP contribution in [0.5, 0.6) is 0 Å². The minimum absolute atomic E-state index is 0.131. The smallest absolute Gasteiger partial charge is 0.268 e. The molecule has 0 unspecified atom stereocenters. The maximum Gasteiger partial charge on any atom is 0.268 e. The SMILES string of the molecule is Cn1c(C(=O)NCC2CC(C)(C)C2)cc2ccccc2c1=O. The number of nitrogens with zero attached hydrogens (tertiary/aromatic N) is 1. The molecule has 0 bridgehead atoms. The predicted molar refractivity (Wildman–Crippen MR) is 88.0 cm³/mol. The quantitative estimate of drug-likeness (QED) is 0.947. The van der Waals surface area contributed by atoms with E-state index in [1.807, 2.05) is 18.2 Å². The van der Waals surface area contributed by atoms with E-state index in [1.54, 1.807) is 19.2 Å². The first-order valence-electron chi connectivity index (χ1n) is 7.74. The van der Waals surface area contributed by atoms with E-state index in [4.69, 9.17) is 0 Å². The van der Waals surface area contributed by atoms with E-state index in [1.165, 1.54) is 4.57 Å². The minimum atomic E-state index is -0.171. The van der Waals surface area contributed by atoms with E-state index < -0.39 is 0 Å². The second kappa shape index (κ2) is 5.27. The summed E-state index contributed by atoms with van der Waals surface area (Å²) in [5.74, 6) is 0.381. The van der Waals surface area contributed by atoms with Crippen LogP contribution in [0.3, 0.4) is 0 Å². The van der Waals surface area contributed by atoms with E-state index in [0.717, 1.165) is 18.2 Å². The number of fused-ring (bicyclic) bond motifs is 1. The zero-order chi connectivity index (χ0) is 15.9. The van der Waals surface area contributed by atoms with Crippen molar-refractivity contribution >= 4 is 16.7 Å². The summed E-state index contributed by atoms with van der Waals surface area (Å²) >= 11 is 0. The van der Waals surface area contributed by atoms with Gasteiger partial charge in [0.1, 0.15) is 5.69 Å². The fourth-order valence-electron chi connectivity index (χ4n) is 3.54. The van der Waals surface area contributed by atoms with E-state index in [9.17, 15) is 9.59 Å². The molecule has 1 heterocycles. The molecule has 1 aliphatic carbocycles. The molecule has 0 radical (unpaired) electrons. The molecule has 4 nitrogen and oxygen atoms in total. The standard InChI is InChI=1S/C18H22N2O2/c1-18(2)9-12(10-18)11-19-16(21)15-8-13-6-4-5-7-14(13)17(22)20(15)3/h4-8,12H,9-11H2,1-3H3,(H,19,21). The van der Waals surface area contributed by atoms with E-state index >= 15 is 0 Å². The molecule has 1 fully saturated rings. The highest BCUT2D eigenvalue weighted by Gasteiger charge is 2.35. The second-order valence-corrected chi connectivity index (χ2v) is 7.13. The zero-order valence-electron chi connectivity index (χ0n) is 13.3. The van der Waals surface area contributed by atoms with Crippen LogP contribution in [0.25, 0.3) is 10.8 Å². The van der Waals surface area contributed by atoms with E-state index in [2.05, 4.69) is 19.2 Å². The van der Waals surface area contributed by atoms with Crippen LogP contribution in [0.1, 0.15) is 37.2 Å². The number of benzene rings is 1. The average molecular weight is 298 g/mol. The first kappa shape index (κ1) is 14.8. The van der Waals surface area contributed by atoms with Crippen LogP contribution >= 0.6 is 0 Å². The summed E-state index contributed by atoms with van der Waals surface area (Å²) < 4.78 is 1.43. The zero-order valence-corrected chi connectivity index (χ0v) is 13.3. The van der Waals surface area contributed by atoms with Gasteiger partial charge >= 0.3 is 0 Å². The lowest BCUT2D eigenvalue weighted by atomic mass is 9.64. The third-order valence-electron chi connectivity index (χ3n) is 4.62. The molecule has 116 valence electrons. The maximum atomic E-state index is 12.4. The van der Waals surface area contributed by atoms with Crippen LogP contribution in [0.4, 0.5) is 0 Å². The van der Waals surface area contributed by atoms with Crippen LogP contribution < -0.4 is 10.9 Å². The molecule has 1 aromatic heterocycles. The number of nitrogens with one attached hydrogen (secondary N) is 1. The number of carbonyl (C=O) groups is 1. The molecular formula is C18H22N2O2. The summed E-state index contributed by atoms with van der Waals surface area (Å²) in [6, 6.07) is 9.15. The van der Waals surface area contributed by atoms with Crippen LogP contribution in [-0.4, -0.2) is 17.0 Å². The van der Waals surface area contributed by atoms with Gasteiger partial charge in [0.05, 0.1) is 0 Å². The van der Waals surface area contributed by atoms with Gasteiger partial charge < -0.3 is 9.88 Å². The van der Waals surface area contributed by atoms with Crippen molar-refractivity contribution < 1.29 is 4.79 Å². The van der Waals surface area contributed by atoms with Crippen LogP contribution in [-0.2, 0) is 7.05 Å². The fourth-order valence-corrected chi connectivity index (χ4v) is 3.54. The lowest BCUT2D eigenvalue weighted by Gasteiger charge is -2.42. The molecule has 0 aliphatic heterocycles. The lowest BCUT2D eigenvalue weighted by molar-refractivity contribution is 0.0801. The molecule has 4 heteroatoms. The molecule has 0 atom stereocenters. The summed E-state index contributed by atoms with van der Waals surface area (Å²) in [6.07, 6.45) is 2.29. The van der Waals surface area contributed by atoms with Gasteiger partial charge in [0.25, 0.3) is 11.5 Å². The van der Waals surface area contributed by atoms with E-state index in [-0.39, 0.29) is 11.5 Å². The summed E-state index contributed by atoms with van der Waals surface area (Å²) in [6.45, 7) is 5.18. The van der Waals surface area contributed by atoms with Gasteiger partial charge in [-0.05, 0) is 41.7 Å². The Kier molecular flexibility index (Phi) is 3.55. The van der Waals surface area contributed by atoms with Gasteiger partial charge in [-0.3, -0.25) is 9.59 Å². The van der Waals surface area contributed by atoms with Crippen molar-refractivity contribution in [2.75, 3.05) is 6.54 Å². The van der Waals surface area contributed by atoms with Crippen LogP contribution in [0.2, 0.25) is 0 Å². The largest absolute Gasteiger partial charge is 0.350 e. The Hall–Kier alpha value is -2.10. The number of aromatic nitrogens is 1. The summed E-state index contributed by atoms with van der Waals surface area (Å²) in [5, 5.41) is 4.42. The molecule has 1 amide bonds. The van der Waals surface area contributed by atoms with Gasteiger partial charge in [-0.25, -0.2) is 0 Å². The Morgan fingerprint density at radius 2 is 2.00 bits per heavy atom. The van der Waals surface area contributed by atoms with Crippen molar-refractivity contribution in [1.29, 1.82) is 0 Å². The lowest BCUT2D eigenvalue weighted by Crippen LogP contribution is -2.41. The van der Waals surface area contributed by atoms with Crippen LogP contribution in [0.15, 0.2) is 35.1 Å². The van der Waals surface area contributed by atoms with Crippen molar-refractivity contribution in [3.05, 3.63) is 46.4 Å². The Balaban J connectivity index is 1.79. The minimum Gasteiger partial charge on any atom is -0.350 e. The highest BCUT2D eigenvalue weighted by molar-refractivity contribution is 5.96. The molecule has 1 saturated carbocycles. The Labute approximate surface area is 130 Å². The van der Waals surface area contributed by atoms with Gasteiger partial charge in [-0.1, -0.05) is 32.0 Å². The highest BCUT2D eigenvalue weighted by atomic mass is 16.2. The summed E-state index contributed by atoms with van der Waals surface area (Å²) in [7, 11) is 1.65. The van der Waals surface area contributed by atoms with Gasteiger partial charge in [0.15, 0.2) is 0 Å². The van der Waals surface area contributed by atoms with Gasteiger partial charge in [-0.15, -0.1) is 0 Å². The van der Waals surface area contributed by atoms with Crippen molar-refractivity contribution in [3.63, 3.8) is 0 Å². The topological polar surface area (TPSA) is 51.1 Å². The first-order valence-corrected chi connectivity index (χ1v) is 7.74. The van der Waals surface area contributed by atoms with Crippen molar-refractivity contribution in [3.8, 4) is 0 Å². The van der Waals surface area contributed by atoms with Gasteiger partial charge in [0, 0.05) is 19.0 Å². The number of rotatable bonds is 3. The highest BCUT2D eigenvalue weighted by Crippen LogP contribution is 2.44. The Morgan fingerprint density at radius 3 is 2.68 bits per heavy atom. The molecule has 2 aromatic rings. The van der Waals surface area contributed by atoms with Gasteiger partial charge in [-0.2, -0.15) is 0 Å². The Morgan fingerprint density at radius 1 is 1.32 bits per heavy atom. The number of hydrogen-bond acceptors (Lipinski definition) is 2. The number of amides is 1. The average Bonchev–Trinajstić information content (AvgIpc) is 2.46. The molecule has 1 N–H and O–H groups in total. The molecule has 22 heavy (non-hydrogen) atoms. The van der Waals surface area contributed by atoms with Crippen molar-refractivity contribution in [1.82, 2.24) is 9.88 Å². The maximum absolute atomic E-state index is 12.4. The number of hydrogen-bond donors (Lipinski definition) is 1. The molecular weight excluding hydrogens is 276 g/mol. The normalized spacial score (nSPS) is 17.2. The Bertz CT molecular complexity index is 781. The molecule has 1 aromatic carbocycles. The summed E-state index contributed by atoms with van der Waals surface area (Å²) in [4.78, 5) is 24.7. The van der Waals surface area contributed by atoms with E-state index in [0.29, 0.717) is 29.0 Å². The third kappa shape index (κ3) is 2.65. The van der Waals surface area contributed by atoms with Gasteiger partial charge in [0.2, 0.25) is 0 Å². The predicted octanol–water partition coefficient (Wildman–Crippen LogP) is 2.70. The second-order valence-electron chi connectivity index (χ2n) is 7.13. The number of pyridine rings is 1. The third-order valence-corrected chi connectivity index (χ3v) is 4.62.